The van der Waals surface area contributed by atoms with Gasteiger partial charge in [-0.15, -0.1) is 0 Å². The third-order valence-corrected chi connectivity index (χ3v) is 2.79. The van der Waals surface area contributed by atoms with E-state index in [9.17, 15) is 0 Å². The topological polar surface area (TPSA) is 66.5 Å². The molecule has 0 aromatic rings. The Bertz CT molecular complexity index is 88.7. The van der Waals surface area contributed by atoms with Gasteiger partial charge in [0.05, 0.1) is 26.2 Å². The highest BCUT2D eigenvalue weighted by Gasteiger charge is 2.22. The van der Waals surface area contributed by atoms with Gasteiger partial charge in [-0.05, 0) is 25.7 Å². The van der Waals surface area contributed by atoms with Gasteiger partial charge in [0.25, 0.3) is 0 Å². The molecule has 3 nitrogen and oxygen atoms in total. The average molecular weight is 221 g/mol. The van der Waals surface area contributed by atoms with Crippen molar-refractivity contribution in [2.75, 3.05) is 26.2 Å². The van der Waals surface area contributed by atoms with Gasteiger partial charge in [0.1, 0.15) is 0 Å². The SMILES string of the molecule is CCC[N+](CCC)(CCC)CCC.N.O. The molecular weight excluding hydrogens is 188 g/mol. The fourth-order valence-corrected chi connectivity index (χ4v) is 2.57. The molecule has 0 amide bonds. The summed E-state index contributed by atoms with van der Waals surface area (Å²) >= 11 is 0. The molecular formula is C12H33N2O+. The summed E-state index contributed by atoms with van der Waals surface area (Å²) in [5.41, 5.74) is 0. The molecule has 0 aromatic heterocycles. The van der Waals surface area contributed by atoms with E-state index in [1.807, 2.05) is 0 Å². The highest BCUT2D eigenvalue weighted by Crippen LogP contribution is 2.12. The summed E-state index contributed by atoms with van der Waals surface area (Å²) in [5, 5.41) is 0. The first kappa shape index (κ1) is 20.3. The van der Waals surface area contributed by atoms with E-state index < -0.39 is 0 Å². The van der Waals surface area contributed by atoms with Crippen LogP contribution in [0.15, 0.2) is 0 Å². The molecule has 0 aliphatic rings. The molecule has 0 heterocycles. The van der Waals surface area contributed by atoms with Crippen molar-refractivity contribution in [1.82, 2.24) is 6.15 Å². The van der Waals surface area contributed by atoms with Gasteiger partial charge in [-0.3, -0.25) is 0 Å². The second-order valence-electron chi connectivity index (χ2n) is 4.24. The lowest BCUT2D eigenvalue weighted by Gasteiger charge is -2.38. The first-order valence-corrected chi connectivity index (χ1v) is 6.09. The van der Waals surface area contributed by atoms with E-state index in [4.69, 9.17) is 0 Å². The zero-order chi connectivity index (χ0) is 10.2. The van der Waals surface area contributed by atoms with Crippen molar-refractivity contribution < 1.29 is 9.96 Å². The van der Waals surface area contributed by atoms with Crippen LogP contribution in [0.2, 0.25) is 0 Å². The van der Waals surface area contributed by atoms with Gasteiger partial charge in [0.2, 0.25) is 0 Å². The lowest BCUT2D eigenvalue weighted by molar-refractivity contribution is -0.928. The molecule has 0 aromatic carbocycles. The van der Waals surface area contributed by atoms with Gasteiger partial charge in [-0.2, -0.15) is 0 Å². The molecule has 0 radical (unpaired) electrons. The minimum atomic E-state index is 0. The zero-order valence-corrected chi connectivity index (χ0v) is 11.3. The van der Waals surface area contributed by atoms with Gasteiger partial charge in [0, 0.05) is 0 Å². The molecule has 0 bridgehead atoms. The maximum absolute atomic E-state index is 2.31. The van der Waals surface area contributed by atoms with Crippen LogP contribution < -0.4 is 6.15 Å². The van der Waals surface area contributed by atoms with Crippen molar-refractivity contribution in [1.29, 1.82) is 0 Å². The van der Waals surface area contributed by atoms with Crippen molar-refractivity contribution in [2.24, 2.45) is 0 Å². The Labute approximate surface area is 96.3 Å². The second kappa shape index (κ2) is 12.0. The molecule has 0 saturated carbocycles. The molecule has 0 aliphatic heterocycles. The first-order chi connectivity index (χ1) is 6.24. The molecule has 3 heteroatoms. The van der Waals surface area contributed by atoms with Gasteiger partial charge < -0.3 is 16.1 Å². The fraction of sp³-hybridized carbons (Fsp3) is 1.00. The van der Waals surface area contributed by atoms with E-state index in [0.717, 1.165) is 0 Å². The van der Waals surface area contributed by atoms with E-state index in [0.29, 0.717) is 0 Å². The normalized spacial score (nSPS) is 10.4. The maximum Gasteiger partial charge on any atom is 0.0783 e. The smallest absolute Gasteiger partial charge is 0.0783 e. The predicted molar refractivity (Wildman–Crippen MR) is 69.5 cm³/mol. The van der Waals surface area contributed by atoms with Crippen molar-refractivity contribution in [3.63, 3.8) is 0 Å². The summed E-state index contributed by atoms with van der Waals surface area (Å²) < 4.78 is 1.38. The third-order valence-electron chi connectivity index (χ3n) is 2.79. The van der Waals surface area contributed by atoms with Crippen LogP contribution >= 0.6 is 0 Å². The maximum atomic E-state index is 2.31. The largest absolute Gasteiger partial charge is 0.412 e. The van der Waals surface area contributed by atoms with Gasteiger partial charge >= 0.3 is 0 Å². The van der Waals surface area contributed by atoms with Crippen LogP contribution in [-0.2, 0) is 0 Å². The Morgan fingerprint density at radius 1 is 0.600 bits per heavy atom. The lowest BCUT2D eigenvalue weighted by Crippen LogP contribution is -2.50. The fourth-order valence-electron chi connectivity index (χ4n) is 2.57. The Morgan fingerprint density at radius 2 is 0.800 bits per heavy atom. The molecule has 15 heavy (non-hydrogen) atoms. The Kier molecular flexibility index (Phi) is 16.2. The predicted octanol–water partition coefficient (Wildman–Crippen LogP) is 2.78. The van der Waals surface area contributed by atoms with Crippen LogP contribution in [0.1, 0.15) is 53.4 Å². The van der Waals surface area contributed by atoms with Gasteiger partial charge in [-0.25, -0.2) is 0 Å². The molecule has 96 valence electrons. The summed E-state index contributed by atoms with van der Waals surface area (Å²) in [6.45, 7) is 14.8. The standard InChI is InChI=1S/C12H28N.H3N.H2O/c1-5-9-13(10-6-2,11-7-3)12-8-4;;/h5-12H2,1-4H3;1H3;1H2/q+1;;. The minimum Gasteiger partial charge on any atom is -0.412 e. The minimum absolute atomic E-state index is 0. The monoisotopic (exact) mass is 221 g/mol. The lowest BCUT2D eigenvalue weighted by atomic mass is 10.2. The summed E-state index contributed by atoms with van der Waals surface area (Å²) in [6.07, 6.45) is 5.33. The molecule has 0 rings (SSSR count). The van der Waals surface area contributed by atoms with Gasteiger partial charge in [-0.1, -0.05) is 27.7 Å². The van der Waals surface area contributed by atoms with Crippen LogP contribution in [0, 0.1) is 0 Å². The van der Waals surface area contributed by atoms with E-state index >= 15 is 0 Å². The van der Waals surface area contributed by atoms with E-state index in [1.165, 1.54) is 56.3 Å². The van der Waals surface area contributed by atoms with Crippen molar-refractivity contribution in [3.05, 3.63) is 0 Å². The molecule has 5 N–H and O–H groups in total. The Balaban J connectivity index is -0.000000720. The third kappa shape index (κ3) is 7.77. The van der Waals surface area contributed by atoms with Crippen molar-refractivity contribution >= 4 is 0 Å². The van der Waals surface area contributed by atoms with E-state index in [2.05, 4.69) is 27.7 Å². The summed E-state index contributed by atoms with van der Waals surface area (Å²) in [7, 11) is 0. The molecule has 0 aliphatic carbocycles. The summed E-state index contributed by atoms with van der Waals surface area (Å²) in [4.78, 5) is 0. The molecule has 0 atom stereocenters. The summed E-state index contributed by atoms with van der Waals surface area (Å²) in [6, 6.07) is 0. The van der Waals surface area contributed by atoms with Crippen LogP contribution in [0.4, 0.5) is 0 Å². The van der Waals surface area contributed by atoms with E-state index in [-0.39, 0.29) is 11.6 Å². The van der Waals surface area contributed by atoms with E-state index in [1.54, 1.807) is 0 Å². The quantitative estimate of drug-likeness (QED) is 0.629. The number of quaternary nitrogens is 1. The van der Waals surface area contributed by atoms with Crippen LogP contribution in [0.5, 0.6) is 0 Å². The van der Waals surface area contributed by atoms with Crippen LogP contribution in [0.3, 0.4) is 0 Å². The van der Waals surface area contributed by atoms with Crippen molar-refractivity contribution in [3.8, 4) is 0 Å². The Morgan fingerprint density at radius 3 is 0.933 bits per heavy atom. The molecule has 0 fully saturated rings. The molecule has 0 saturated heterocycles. The zero-order valence-electron chi connectivity index (χ0n) is 11.3. The number of hydrogen-bond donors (Lipinski definition) is 1. The number of rotatable bonds is 8. The highest BCUT2D eigenvalue weighted by molar-refractivity contribution is 4.43. The average Bonchev–Trinajstić information content (AvgIpc) is 2.06. The van der Waals surface area contributed by atoms with Crippen LogP contribution in [0.25, 0.3) is 0 Å². The van der Waals surface area contributed by atoms with Crippen LogP contribution in [-0.4, -0.2) is 36.1 Å². The highest BCUT2D eigenvalue weighted by atomic mass is 16.0. The number of nitrogens with zero attached hydrogens (tertiary/aromatic N) is 1. The molecule has 0 spiro atoms. The van der Waals surface area contributed by atoms with Crippen molar-refractivity contribution in [2.45, 2.75) is 53.4 Å². The number of hydrogen-bond acceptors (Lipinski definition) is 1. The second-order valence-corrected chi connectivity index (χ2v) is 4.24. The Hall–Kier alpha value is -0.120. The summed E-state index contributed by atoms with van der Waals surface area (Å²) in [5.74, 6) is 0. The molecule has 0 unspecified atom stereocenters. The van der Waals surface area contributed by atoms with Gasteiger partial charge in [0.15, 0.2) is 0 Å². The first-order valence-electron chi connectivity index (χ1n) is 6.09.